The summed E-state index contributed by atoms with van der Waals surface area (Å²) in [6.07, 6.45) is 0.927. The van der Waals surface area contributed by atoms with Gasteiger partial charge in [-0.1, -0.05) is 54.0 Å². The number of rotatable bonds is 4. The summed E-state index contributed by atoms with van der Waals surface area (Å²) in [5, 5.41) is 7.91. The average Bonchev–Trinajstić information content (AvgIpc) is 3.12. The fraction of sp³-hybridized carbons (Fsp3) is 0.130. The summed E-state index contributed by atoms with van der Waals surface area (Å²) in [7, 11) is 0. The number of amides is 1. The van der Waals surface area contributed by atoms with Crippen molar-refractivity contribution in [2.24, 2.45) is 0 Å². The van der Waals surface area contributed by atoms with Gasteiger partial charge in [-0.2, -0.15) is 0 Å². The highest BCUT2D eigenvalue weighted by molar-refractivity contribution is 6.07. The van der Waals surface area contributed by atoms with E-state index in [0.29, 0.717) is 11.3 Å². The number of benzene rings is 3. The number of aryl methyl sites for hydroxylation is 2. The van der Waals surface area contributed by atoms with Gasteiger partial charge in [0.25, 0.3) is 5.91 Å². The smallest absolute Gasteiger partial charge is 0.255 e. The van der Waals surface area contributed by atoms with Gasteiger partial charge in [0.2, 0.25) is 0 Å². The second-order valence-corrected chi connectivity index (χ2v) is 6.62. The summed E-state index contributed by atoms with van der Waals surface area (Å²) < 4.78 is 5.54. The first-order valence-electron chi connectivity index (χ1n) is 9.01. The Hall–Kier alpha value is -3.40. The monoisotopic (exact) mass is 356 g/mol. The van der Waals surface area contributed by atoms with Gasteiger partial charge >= 0.3 is 0 Å². The molecule has 1 N–H and O–H groups in total. The van der Waals surface area contributed by atoms with Crippen LogP contribution in [0.5, 0.6) is 0 Å². The van der Waals surface area contributed by atoms with E-state index >= 15 is 0 Å². The lowest BCUT2D eigenvalue weighted by Gasteiger charge is -2.07. The minimum atomic E-state index is -0.152. The Morgan fingerprint density at radius 1 is 1.04 bits per heavy atom. The van der Waals surface area contributed by atoms with Gasteiger partial charge in [-0.25, -0.2) is 0 Å². The highest BCUT2D eigenvalue weighted by Gasteiger charge is 2.14. The van der Waals surface area contributed by atoms with Gasteiger partial charge in [0.1, 0.15) is 5.52 Å². The summed E-state index contributed by atoms with van der Waals surface area (Å²) >= 11 is 0. The third-order valence-electron chi connectivity index (χ3n) is 4.65. The molecular formula is C23H20N2O2. The summed E-state index contributed by atoms with van der Waals surface area (Å²) in [4.78, 5) is 12.7. The molecule has 4 rings (SSSR count). The molecule has 0 radical (unpaired) electrons. The maximum atomic E-state index is 12.7. The van der Waals surface area contributed by atoms with Crippen molar-refractivity contribution in [1.82, 2.24) is 5.16 Å². The van der Waals surface area contributed by atoms with Crippen molar-refractivity contribution in [2.75, 3.05) is 5.32 Å². The lowest BCUT2D eigenvalue weighted by Crippen LogP contribution is -2.11. The van der Waals surface area contributed by atoms with Crippen LogP contribution in [0.3, 0.4) is 0 Å². The van der Waals surface area contributed by atoms with Crippen molar-refractivity contribution in [3.05, 3.63) is 83.4 Å². The van der Waals surface area contributed by atoms with Gasteiger partial charge in [0, 0.05) is 16.8 Å². The van der Waals surface area contributed by atoms with Gasteiger partial charge < -0.3 is 9.84 Å². The minimum absolute atomic E-state index is 0.152. The van der Waals surface area contributed by atoms with E-state index in [9.17, 15) is 4.79 Å². The Morgan fingerprint density at radius 3 is 2.63 bits per heavy atom. The van der Waals surface area contributed by atoms with E-state index in [1.165, 1.54) is 11.1 Å². The van der Waals surface area contributed by atoms with E-state index in [0.717, 1.165) is 28.6 Å². The highest BCUT2D eigenvalue weighted by atomic mass is 16.5. The Morgan fingerprint density at radius 2 is 1.85 bits per heavy atom. The van der Waals surface area contributed by atoms with Crippen molar-refractivity contribution in [1.29, 1.82) is 0 Å². The molecule has 0 aliphatic carbocycles. The number of carbonyl (C=O) groups is 1. The molecule has 1 heterocycles. The zero-order chi connectivity index (χ0) is 18.8. The molecule has 0 aliphatic rings. The van der Waals surface area contributed by atoms with Crippen LogP contribution in [0.2, 0.25) is 0 Å². The number of nitrogens with zero attached hydrogens (tertiary/aromatic N) is 1. The molecule has 0 atom stereocenters. The molecule has 1 amide bonds. The third kappa shape index (κ3) is 3.47. The summed E-state index contributed by atoms with van der Waals surface area (Å²) in [6.45, 7) is 4.13. The number of anilines is 1. The molecule has 4 aromatic rings. The normalized spacial score (nSPS) is 10.9. The predicted octanol–water partition coefficient (Wildman–Crippen LogP) is 5.62. The van der Waals surface area contributed by atoms with E-state index in [2.05, 4.69) is 17.4 Å². The first-order valence-corrected chi connectivity index (χ1v) is 9.01. The van der Waals surface area contributed by atoms with Crippen LogP contribution in [-0.2, 0) is 6.42 Å². The maximum Gasteiger partial charge on any atom is 0.255 e. The molecular weight excluding hydrogens is 336 g/mol. The van der Waals surface area contributed by atoms with E-state index in [1.807, 2.05) is 67.6 Å². The minimum Gasteiger partial charge on any atom is -0.355 e. The molecule has 0 fully saturated rings. The maximum absolute atomic E-state index is 12.7. The standard InChI is InChI=1S/C23H20N2O2/c1-3-16-5-4-6-19(13-16)24-23(26)18-11-12-21-20(14-18)22(27-25-21)17-9-7-15(2)8-10-17/h4-14H,3H2,1-2H3,(H,24,26). The van der Waals surface area contributed by atoms with Crippen molar-refractivity contribution in [2.45, 2.75) is 20.3 Å². The second kappa shape index (κ2) is 7.08. The van der Waals surface area contributed by atoms with E-state index < -0.39 is 0 Å². The second-order valence-electron chi connectivity index (χ2n) is 6.62. The zero-order valence-electron chi connectivity index (χ0n) is 15.3. The molecule has 3 aromatic carbocycles. The largest absolute Gasteiger partial charge is 0.355 e. The Balaban J connectivity index is 1.67. The molecule has 134 valence electrons. The number of carbonyl (C=O) groups excluding carboxylic acids is 1. The number of hydrogen-bond acceptors (Lipinski definition) is 3. The molecule has 0 saturated carbocycles. The Bertz CT molecular complexity index is 1110. The van der Waals surface area contributed by atoms with Crippen molar-refractivity contribution in [3.63, 3.8) is 0 Å². The SMILES string of the molecule is CCc1cccc(NC(=O)c2ccc3noc(-c4ccc(C)cc4)c3c2)c1. The van der Waals surface area contributed by atoms with E-state index in [1.54, 1.807) is 6.07 Å². The van der Waals surface area contributed by atoms with Crippen LogP contribution in [-0.4, -0.2) is 11.1 Å². The van der Waals surface area contributed by atoms with Crippen molar-refractivity contribution < 1.29 is 9.32 Å². The molecule has 0 spiro atoms. The molecule has 0 aliphatic heterocycles. The van der Waals surface area contributed by atoms with Crippen LogP contribution in [0.25, 0.3) is 22.2 Å². The average molecular weight is 356 g/mol. The van der Waals surface area contributed by atoms with Crippen LogP contribution >= 0.6 is 0 Å². The fourth-order valence-electron chi connectivity index (χ4n) is 3.07. The van der Waals surface area contributed by atoms with E-state index in [-0.39, 0.29) is 5.91 Å². The van der Waals surface area contributed by atoms with Crippen LogP contribution in [0.1, 0.15) is 28.4 Å². The molecule has 1 aromatic heterocycles. The quantitative estimate of drug-likeness (QED) is 0.516. The molecule has 0 bridgehead atoms. The summed E-state index contributed by atoms with van der Waals surface area (Å²) in [5.74, 6) is 0.522. The van der Waals surface area contributed by atoms with Crippen molar-refractivity contribution >= 4 is 22.5 Å². The van der Waals surface area contributed by atoms with Crippen LogP contribution in [0.4, 0.5) is 5.69 Å². The van der Waals surface area contributed by atoms with Gasteiger partial charge in [0.15, 0.2) is 5.76 Å². The van der Waals surface area contributed by atoms with Gasteiger partial charge in [-0.15, -0.1) is 0 Å². The number of aromatic nitrogens is 1. The van der Waals surface area contributed by atoms with Gasteiger partial charge in [-0.05, 0) is 49.2 Å². The van der Waals surface area contributed by atoms with Crippen LogP contribution < -0.4 is 5.32 Å². The molecule has 4 nitrogen and oxygen atoms in total. The predicted molar refractivity (Wildman–Crippen MR) is 108 cm³/mol. The van der Waals surface area contributed by atoms with Crippen LogP contribution in [0, 0.1) is 6.92 Å². The molecule has 0 unspecified atom stereocenters. The Labute approximate surface area is 157 Å². The van der Waals surface area contributed by atoms with Gasteiger partial charge in [0.05, 0.1) is 5.39 Å². The topological polar surface area (TPSA) is 55.1 Å². The number of nitrogens with one attached hydrogen (secondary N) is 1. The highest BCUT2D eigenvalue weighted by Crippen LogP contribution is 2.29. The molecule has 4 heteroatoms. The molecule has 27 heavy (non-hydrogen) atoms. The third-order valence-corrected chi connectivity index (χ3v) is 4.65. The zero-order valence-corrected chi connectivity index (χ0v) is 15.3. The first-order chi connectivity index (χ1) is 13.1. The summed E-state index contributed by atoms with van der Waals surface area (Å²) in [5.41, 5.74) is 5.40. The van der Waals surface area contributed by atoms with E-state index in [4.69, 9.17) is 4.52 Å². The lowest BCUT2D eigenvalue weighted by atomic mass is 10.0. The molecule has 0 saturated heterocycles. The number of fused-ring (bicyclic) bond motifs is 1. The fourth-order valence-corrected chi connectivity index (χ4v) is 3.07. The van der Waals surface area contributed by atoms with Crippen LogP contribution in [0.15, 0.2) is 71.3 Å². The Kier molecular flexibility index (Phi) is 4.47. The summed E-state index contributed by atoms with van der Waals surface area (Å²) in [6, 6.07) is 21.4. The number of hydrogen-bond donors (Lipinski definition) is 1. The van der Waals surface area contributed by atoms with Gasteiger partial charge in [-0.3, -0.25) is 4.79 Å². The lowest BCUT2D eigenvalue weighted by molar-refractivity contribution is 0.102. The first kappa shape index (κ1) is 17.0. The van der Waals surface area contributed by atoms with Crippen molar-refractivity contribution in [3.8, 4) is 11.3 Å².